The molecule has 0 amide bonds. The Morgan fingerprint density at radius 3 is 2.95 bits per heavy atom. The lowest BCUT2D eigenvalue weighted by Gasteiger charge is -2.37. The van der Waals surface area contributed by atoms with Crippen LogP contribution in [0.5, 0.6) is 0 Å². The zero-order valence-corrected chi connectivity index (χ0v) is 12.2. The first-order chi connectivity index (χ1) is 8.68. The molecule has 0 aromatic heterocycles. The maximum atomic E-state index is 12.6. The topological polar surface area (TPSA) is 61.4 Å². The van der Waals surface area contributed by atoms with Gasteiger partial charge in [-0.05, 0) is 57.5 Å². The number of rotatable bonds is 3. The Morgan fingerprint density at radius 2 is 2.21 bits per heavy atom. The molecule has 5 heteroatoms. The average molecular weight is 289 g/mol. The minimum Gasteiger partial charge on any atom is -0.393 e. The number of hydrogen-bond acceptors (Lipinski definition) is 4. The van der Waals surface area contributed by atoms with E-state index in [1.807, 2.05) is 0 Å². The van der Waals surface area contributed by atoms with E-state index in [1.54, 1.807) is 0 Å². The SMILES string of the molecule is Cl.O=C(CC1CCCNC1)C12CCC(CC(O)C1)N2. The van der Waals surface area contributed by atoms with Gasteiger partial charge in [0.2, 0.25) is 0 Å². The lowest BCUT2D eigenvalue weighted by Crippen LogP contribution is -2.56. The molecular formula is C14H25ClN2O2. The number of nitrogens with one attached hydrogen (secondary N) is 2. The molecule has 0 saturated carbocycles. The zero-order valence-electron chi connectivity index (χ0n) is 11.4. The number of carbonyl (C=O) groups excluding carboxylic acids is 1. The summed E-state index contributed by atoms with van der Waals surface area (Å²) in [5.41, 5.74) is -0.389. The van der Waals surface area contributed by atoms with Crippen LogP contribution >= 0.6 is 12.4 Å². The van der Waals surface area contributed by atoms with Crippen LogP contribution in [0.2, 0.25) is 0 Å². The second kappa shape index (κ2) is 6.08. The van der Waals surface area contributed by atoms with E-state index in [2.05, 4.69) is 10.6 Å². The van der Waals surface area contributed by atoms with Crippen LogP contribution in [0.3, 0.4) is 0 Å². The van der Waals surface area contributed by atoms with E-state index < -0.39 is 0 Å². The maximum absolute atomic E-state index is 12.6. The van der Waals surface area contributed by atoms with E-state index in [-0.39, 0.29) is 24.0 Å². The number of piperidine rings is 2. The summed E-state index contributed by atoms with van der Waals surface area (Å²) in [6.07, 6.45) is 6.17. The Balaban J connectivity index is 0.00000133. The minimum atomic E-state index is -0.389. The van der Waals surface area contributed by atoms with Gasteiger partial charge in [0.1, 0.15) is 0 Å². The molecule has 3 aliphatic rings. The number of Topliss-reactive ketones (excluding diaryl/α,β-unsaturated/α-hetero) is 1. The number of fused-ring (bicyclic) bond motifs is 2. The Bertz CT molecular complexity index is 333. The van der Waals surface area contributed by atoms with Gasteiger partial charge in [-0.1, -0.05) is 0 Å². The van der Waals surface area contributed by atoms with Gasteiger partial charge in [0.05, 0.1) is 11.6 Å². The number of hydrogen-bond donors (Lipinski definition) is 3. The van der Waals surface area contributed by atoms with E-state index in [1.165, 1.54) is 12.8 Å². The number of aliphatic hydroxyl groups is 1. The third-order valence-corrected chi connectivity index (χ3v) is 4.95. The summed E-state index contributed by atoms with van der Waals surface area (Å²) >= 11 is 0. The predicted molar refractivity (Wildman–Crippen MR) is 76.6 cm³/mol. The van der Waals surface area contributed by atoms with Crippen molar-refractivity contribution in [1.82, 2.24) is 10.6 Å². The number of halogens is 1. The number of aliphatic hydroxyl groups excluding tert-OH is 1. The molecule has 110 valence electrons. The van der Waals surface area contributed by atoms with Crippen molar-refractivity contribution in [3.63, 3.8) is 0 Å². The average Bonchev–Trinajstić information content (AvgIpc) is 2.68. The van der Waals surface area contributed by atoms with Crippen LogP contribution in [0, 0.1) is 5.92 Å². The summed E-state index contributed by atoms with van der Waals surface area (Å²) < 4.78 is 0. The van der Waals surface area contributed by atoms with Crippen molar-refractivity contribution in [1.29, 1.82) is 0 Å². The third kappa shape index (κ3) is 3.13. The highest BCUT2D eigenvalue weighted by Crippen LogP contribution is 2.38. The van der Waals surface area contributed by atoms with E-state index in [0.717, 1.165) is 32.4 Å². The van der Waals surface area contributed by atoms with E-state index >= 15 is 0 Å². The van der Waals surface area contributed by atoms with Gasteiger partial charge in [0.25, 0.3) is 0 Å². The molecule has 0 spiro atoms. The highest BCUT2D eigenvalue weighted by molar-refractivity contribution is 5.89. The molecule has 3 heterocycles. The highest BCUT2D eigenvalue weighted by atomic mass is 35.5. The lowest BCUT2D eigenvalue weighted by molar-refractivity contribution is -0.128. The normalized spacial score (nSPS) is 41.6. The van der Waals surface area contributed by atoms with Crippen LogP contribution in [0.1, 0.15) is 44.9 Å². The zero-order chi connectivity index (χ0) is 12.6. The first-order valence-electron chi connectivity index (χ1n) is 7.38. The van der Waals surface area contributed by atoms with Gasteiger partial charge in [0, 0.05) is 12.5 Å². The smallest absolute Gasteiger partial charge is 0.153 e. The molecule has 3 saturated heterocycles. The molecule has 0 radical (unpaired) electrons. The van der Waals surface area contributed by atoms with Gasteiger partial charge in [-0.25, -0.2) is 0 Å². The van der Waals surface area contributed by atoms with Crippen LogP contribution in [0.4, 0.5) is 0 Å². The summed E-state index contributed by atoms with van der Waals surface area (Å²) in [7, 11) is 0. The predicted octanol–water partition coefficient (Wildman–Crippen LogP) is 1.01. The molecule has 0 aliphatic carbocycles. The minimum absolute atomic E-state index is 0. The van der Waals surface area contributed by atoms with E-state index in [9.17, 15) is 9.90 Å². The Labute approximate surface area is 121 Å². The number of ketones is 1. The molecule has 3 rings (SSSR count). The highest BCUT2D eigenvalue weighted by Gasteiger charge is 2.49. The summed E-state index contributed by atoms with van der Waals surface area (Å²) in [5, 5.41) is 16.8. The monoisotopic (exact) mass is 288 g/mol. The van der Waals surface area contributed by atoms with E-state index in [4.69, 9.17) is 0 Å². The van der Waals surface area contributed by atoms with Crippen molar-refractivity contribution >= 4 is 18.2 Å². The molecule has 3 fully saturated rings. The molecule has 3 N–H and O–H groups in total. The molecule has 2 bridgehead atoms. The largest absolute Gasteiger partial charge is 0.393 e. The molecule has 0 aromatic rings. The molecule has 4 atom stereocenters. The number of carbonyl (C=O) groups is 1. The molecule has 4 unspecified atom stereocenters. The van der Waals surface area contributed by atoms with Crippen LogP contribution < -0.4 is 10.6 Å². The molecule has 19 heavy (non-hydrogen) atoms. The summed E-state index contributed by atoms with van der Waals surface area (Å²) in [4.78, 5) is 12.6. The summed E-state index contributed by atoms with van der Waals surface area (Å²) in [6, 6.07) is 0.363. The fourth-order valence-corrected chi connectivity index (χ4v) is 4.00. The fraction of sp³-hybridized carbons (Fsp3) is 0.929. The summed E-state index contributed by atoms with van der Waals surface area (Å²) in [6.45, 7) is 2.07. The van der Waals surface area contributed by atoms with Gasteiger partial charge in [-0.15, -0.1) is 12.4 Å². The first-order valence-corrected chi connectivity index (χ1v) is 7.38. The van der Waals surface area contributed by atoms with Crippen molar-refractivity contribution in [2.45, 2.75) is 62.6 Å². The van der Waals surface area contributed by atoms with Crippen molar-refractivity contribution in [3.05, 3.63) is 0 Å². The van der Waals surface area contributed by atoms with Gasteiger partial charge in [-0.3, -0.25) is 4.79 Å². The van der Waals surface area contributed by atoms with Crippen LogP contribution in [-0.4, -0.2) is 41.7 Å². The van der Waals surface area contributed by atoms with Crippen molar-refractivity contribution in [2.24, 2.45) is 5.92 Å². The summed E-state index contributed by atoms with van der Waals surface area (Å²) in [5.74, 6) is 0.845. The third-order valence-electron chi connectivity index (χ3n) is 4.95. The Kier molecular flexibility index (Phi) is 4.88. The Hall–Kier alpha value is -0.160. The van der Waals surface area contributed by atoms with Gasteiger partial charge < -0.3 is 15.7 Å². The van der Waals surface area contributed by atoms with Crippen LogP contribution in [0.25, 0.3) is 0 Å². The standard InChI is InChI=1S/C14H24N2O2.ClH/c17-12-7-11-3-4-14(8-12,16-11)13(18)6-10-2-1-5-15-9-10;/h10-12,15-17H,1-9H2;1H. The van der Waals surface area contributed by atoms with Gasteiger partial charge in [0.15, 0.2) is 5.78 Å². The molecule has 3 aliphatic heterocycles. The first kappa shape index (κ1) is 15.2. The maximum Gasteiger partial charge on any atom is 0.153 e. The molecular weight excluding hydrogens is 264 g/mol. The van der Waals surface area contributed by atoms with Crippen molar-refractivity contribution < 1.29 is 9.90 Å². The second-order valence-electron chi connectivity index (χ2n) is 6.40. The van der Waals surface area contributed by atoms with Gasteiger partial charge >= 0.3 is 0 Å². The van der Waals surface area contributed by atoms with Crippen LogP contribution in [0.15, 0.2) is 0 Å². The van der Waals surface area contributed by atoms with Crippen molar-refractivity contribution in [2.75, 3.05) is 13.1 Å². The van der Waals surface area contributed by atoms with Crippen LogP contribution in [-0.2, 0) is 4.79 Å². The quantitative estimate of drug-likeness (QED) is 0.725. The molecule has 4 nitrogen and oxygen atoms in total. The van der Waals surface area contributed by atoms with Crippen molar-refractivity contribution in [3.8, 4) is 0 Å². The van der Waals surface area contributed by atoms with Gasteiger partial charge in [-0.2, -0.15) is 0 Å². The Morgan fingerprint density at radius 1 is 1.37 bits per heavy atom. The second-order valence-corrected chi connectivity index (χ2v) is 6.40. The molecule has 0 aromatic carbocycles. The lowest BCUT2D eigenvalue weighted by atomic mass is 9.80. The van der Waals surface area contributed by atoms with E-state index in [0.29, 0.717) is 30.6 Å². The fourth-order valence-electron chi connectivity index (χ4n) is 4.00.